The summed E-state index contributed by atoms with van der Waals surface area (Å²) in [4.78, 5) is 0. The van der Waals surface area contributed by atoms with Gasteiger partial charge in [-0.15, -0.1) is 0 Å². The van der Waals surface area contributed by atoms with Crippen molar-refractivity contribution < 1.29 is 9.84 Å². The van der Waals surface area contributed by atoms with Gasteiger partial charge in [-0.1, -0.05) is 6.92 Å². The average Bonchev–Trinajstić information content (AvgIpc) is 2.76. The van der Waals surface area contributed by atoms with Crippen molar-refractivity contribution in [3.05, 3.63) is 0 Å². The van der Waals surface area contributed by atoms with Gasteiger partial charge in [0.2, 0.25) is 0 Å². The van der Waals surface area contributed by atoms with Crippen LogP contribution in [0.2, 0.25) is 0 Å². The largest absolute Gasteiger partial charge is 0.391 e. The number of ether oxygens (including phenoxy) is 1. The fourth-order valence-electron chi connectivity index (χ4n) is 2.91. The van der Waals surface area contributed by atoms with Gasteiger partial charge in [0.25, 0.3) is 0 Å². The van der Waals surface area contributed by atoms with Crippen LogP contribution in [0, 0.1) is 11.3 Å². The van der Waals surface area contributed by atoms with Crippen LogP contribution in [0.15, 0.2) is 0 Å². The molecule has 0 spiro atoms. The SMILES string of the molecule is CCC1(CNCC2CNCC2O)CCOCC1. The second-order valence-electron chi connectivity index (χ2n) is 5.58. The molecule has 2 rings (SSSR count). The van der Waals surface area contributed by atoms with Crippen molar-refractivity contribution in [3.8, 4) is 0 Å². The lowest BCUT2D eigenvalue weighted by atomic mass is 9.78. The van der Waals surface area contributed by atoms with Crippen LogP contribution in [-0.2, 0) is 4.74 Å². The maximum Gasteiger partial charge on any atom is 0.0716 e. The summed E-state index contributed by atoms with van der Waals surface area (Å²) >= 11 is 0. The lowest BCUT2D eigenvalue weighted by Crippen LogP contribution is -2.41. The molecule has 100 valence electrons. The van der Waals surface area contributed by atoms with Gasteiger partial charge in [0.05, 0.1) is 6.10 Å². The number of hydrogen-bond donors (Lipinski definition) is 3. The molecular formula is C13H26N2O2. The monoisotopic (exact) mass is 242 g/mol. The molecule has 3 N–H and O–H groups in total. The Kier molecular flexibility index (Phi) is 4.79. The fourth-order valence-corrected chi connectivity index (χ4v) is 2.91. The molecule has 2 aliphatic heterocycles. The van der Waals surface area contributed by atoms with E-state index in [4.69, 9.17) is 4.74 Å². The van der Waals surface area contributed by atoms with Crippen molar-refractivity contribution in [2.45, 2.75) is 32.3 Å². The molecule has 0 aromatic carbocycles. The molecule has 2 aliphatic rings. The molecule has 0 amide bonds. The van der Waals surface area contributed by atoms with Crippen molar-refractivity contribution in [3.63, 3.8) is 0 Å². The molecule has 2 fully saturated rings. The smallest absolute Gasteiger partial charge is 0.0716 e. The summed E-state index contributed by atoms with van der Waals surface area (Å²) in [7, 11) is 0. The predicted molar refractivity (Wildman–Crippen MR) is 68.0 cm³/mol. The Morgan fingerprint density at radius 1 is 1.35 bits per heavy atom. The molecule has 0 saturated carbocycles. The third kappa shape index (κ3) is 3.41. The van der Waals surface area contributed by atoms with Gasteiger partial charge in [-0.2, -0.15) is 0 Å². The molecule has 2 saturated heterocycles. The number of hydrogen-bond acceptors (Lipinski definition) is 4. The lowest BCUT2D eigenvalue weighted by Gasteiger charge is -2.37. The minimum atomic E-state index is -0.172. The Morgan fingerprint density at radius 2 is 2.12 bits per heavy atom. The van der Waals surface area contributed by atoms with Crippen LogP contribution in [0.5, 0.6) is 0 Å². The number of β-amino-alcohol motifs (C(OH)–C–C–N with tert-alkyl or cyclic N) is 1. The molecule has 0 aliphatic carbocycles. The Bertz CT molecular complexity index is 229. The minimum absolute atomic E-state index is 0.172. The van der Waals surface area contributed by atoms with E-state index in [2.05, 4.69) is 17.6 Å². The van der Waals surface area contributed by atoms with Gasteiger partial charge in [-0.3, -0.25) is 0 Å². The first-order valence-electron chi connectivity index (χ1n) is 6.93. The molecular weight excluding hydrogens is 216 g/mol. The van der Waals surface area contributed by atoms with Gasteiger partial charge in [0.1, 0.15) is 0 Å². The fraction of sp³-hybridized carbons (Fsp3) is 1.00. The van der Waals surface area contributed by atoms with Crippen LogP contribution < -0.4 is 10.6 Å². The van der Waals surface area contributed by atoms with Gasteiger partial charge in [-0.05, 0) is 24.7 Å². The highest BCUT2D eigenvalue weighted by Crippen LogP contribution is 2.33. The lowest BCUT2D eigenvalue weighted by molar-refractivity contribution is 0.0119. The summed E-state index contributed by atoms with van der Waals surface area (Å²) in [6.45, 7) is 7.77. The van der Waals surface area contributed by atoms with Crippen LogP contribution in [0.25, 0.3) is 0 Å². The molecule has 0 aromatic rings. The van der Waals surface area contributed by atoms with Gasteiger partial charge < -0.3 is 20.5 Å². The van der Waals surface area contributed by atoms with Crippen LogP contribution in [-0.4, -0.2) is 50.6 Å². The first-order chi connectivity index (χ1) is 8.26. The summed E-state index contributed by atoms with van der Waals surface area (Å²) in [5, 5.41) is 16.5. The zero-order chi connectivity index (χ0) is 12.1. The Labute approximate surface area is 104 Å². The Balaban J connectivity index is 1.72. The van der Waals surface area contributed by atoms with E-state index < -0.39 is 0 Å². The van der Waals surface area contributed by atoms with Crippen molar-refractivity contribution in [2.75, 3.05) is 39.4 Å². The molecule has 0 radical (unpaired) electrons. The van der Waals surface area contributed by atoms with Crippen LogP contribution >= 0.6 is 0 Å². The zero-order valence-corrected chi connectivity index (χ0v) is 10.9. The average molecular weight is 242 g/mol. The molecule has 4 nitrogen and oxygen atoms in total. The first kappa shape index (κ1) is 13.3. The normalized spacial score (nSPS) is 32.8. The summed E-state index contributed by atoms with van der Waals surface area (Å²) < 4.78 is 5.45. The molecule has 17 heavy (non-hydrogen) atoms. The van der Waals surface area contributed by atoms with Crippen LogP contribution in [0.1, 0.15) is 26.2 Å². The Morgan fingerprint density at radius 3 is 2.71 bits per heavy atom. The highest BCUT2D eigenvalue weighted by molar-refractivity contribution is 4.86. The van der Waals surface area contributed by atoms with Crippen molar-refractivity contribution in [2.24, 2.45) is 11.3 Å². The predicted octanol–water partition coefficient (Wildman–Crippen LogP) is 0.363. The molecule has 4 heteroatoms. The summed E-state index contributed by atoms with van der Waals surface area (Å²) in [5.41, 5.74) is 0.426. The number of aliphatic hydroxyl groups is 1. The summed E-state index contributed by atoms with van der Waals surface area (Å²) in [5.74, 6) is 0.378. The zero-order valence-electron chi connectivity index (χ0n) is 10.9. The van der Waals surface area contributed by atoms with Crippen molar-refractivity contribution in [1.82, 2.24) is 10.6 Å². The maximum atomic E-state index is 9.72. The highest BCUT2D eigenvalue weighted by Gasteiger charge is 2.31. The molecule has 2 atom stereocenters. The maximum absolute atomic E-state index is 9.72. The minimum Gasteiger partial charge on any atom is -0.391 e. The summed E-state index contributed by atoms with van der Waals surface area (Å²) in [6, 6.07) is 0. The van der Waals surface area contributed by atoms with E-state index in [1.807, 2.05) is 0 Å². The molecule has 0 aromatic heterocycles. The number of nitrogens with one attached hydrogen (secondary N) is 2. The number of rotatable bonds is 5. The van der Waals surface area contributed by atoms with E-state index in [0.717, 1.165) is 39.4 Å². The van der Waals surface area contributed by atoms with Crippen molar-refractivity contribution >= 4 is 0 Å². The molecule has 2 heterocycles. The van der Waals surface area contributed by atoms with E-state index in [9.17, 15) is 5.11 Å². The molecule has 0 bridgehead atoms. The van der Waals surface area contributed by atoms with Crippen LogP contribution in [0.3, 0.4) is 0 Å². The second-order valence-corrected chi connectivity index (χ2v) is 5.58. The third-order valence-electron chi connectivity index (χ3n) is 4.51. The topological polar surface area (TPSA) is 53.5 Å². The quantitative estimate of drug-likeness (QED) is 0.652. The van der Waals surface area contributed by atoms with E-state index in [0.29, 0.717) is 11.3 Å². The van der Waals surface area contributed by atoms with Gasteiger partial charge in [0.15, 0.2) is 0 Å². The van der Waals surface area contributed by atoms with Gasteiger partial charge in [-0.25, -0.2) is 0 Å². The summed E-state index contributed by atoms with van der Waals surface area (Å²) in [6.07, 6.45) is 3.38. The van der Waals surface area contributed by atoms with Crippen molar-refractivity contribution in [1.29, 1.82) is 0 Å². The Hall–Kier alpha value is -0.160. The van der Waals surface area contributed by atoms with E-state index >= 15 is 0 Å². The standard InChI is InChI=1S/C13H26N2O2/c1-2-13(3-5-17-6-4-13)10-15-8-11-7-14-9-12(11)16/h11-12,14-16H,2-10H2,1H3. The van der Waals surface area contributed by atoms with E-state index in [1.165, 1.54) is 19.3 Å². The van der Waals surface area contributed by atoms with Gasteiger partial charge in [0, 0.05) is 45.3 Å². The van der Waals surface area contributed by atoms with E-state index in [1.54, 1.807) is 0 Å². The van der Waals surface area contributed by atoms with Crippen LogP contribution in [0.4, 0.5) is 0 Å². The van der Waals surface area contributed by atoms with E-state index in [-0.39, 0.29) is 6.10 Å². The third-order valence-corrected chi connectivity index (χ3v) is 4.51. The second kappa shape index (κ2) is 6.14. The van der Waals surface area contributed by atoms with Gasteiger partial charge >= 0.3 is 0 Å². The first-order valence-corrected chi connectivity index (χ1v) is 6.93. The number of aliphatic hydroxyl groups excluding tert-OH is 1. The highest BCUT2D eigenvalue weighted by atomic mass is 16.5. The molecule has 2 unspecified atom stereocenters.